The van der Waals surface area contributed by atoms with Gasteiger partial charge in [0.1, 0.15) is 24.4 Å². The molecule has 6 atom stereocenters. The summed E-state index contributed by atoms with van der Waals surface area (Å²) in [6.45, 7) is 5.11. The molecule has 6 rings (SSSR count). The van der Waals surface area contributed by atoms with E-state index in [1.807, 2.05) is 34.7 Å². The molecule has 1 aliphatic carbocycles. The number of carbonyl (C=O) groups is 1. The molecule has 256 valence electrons. The molecular weight excluding hydrogens is 758 g/mol. The van der Waals surface area contributed by atoms with Crippen LogP contribution in [0.3, 0.4) is 0 Å². The number of methoxy groups -OCH3 is 1. The van der Waals surface area contributed by atoms with Gasteiger partial charge in [-0.05, 0) is 43.1 Å². The SMILES string of the molecule is COc1nc(N)nc2c1nc(I)n2[C@@H]1O[C@H](COc2ccc3ccccc3c2O/[P+]([O-])=N/[C@H](C(=O)OCC2CC2)C(C)C)[C@@H](O)[C@@]1(C)O. The number of carbonyl (C=O) groups excluding carboxylic acids is 1. The predicted molar refractivity (Wildman–Crippen MR) is 181 cm³/mol. The van der Waals surface area contributed by atoms with Crippen LogP contribution in [0.5, 0.6) is 17.4 Å². The summed E-state index contributed by atoms with van der Waals surface area (Å²) >= 11 is 1.96. The van der Waals surface area contributed by atoms with Gasteiger partial charge >= 0.3 is 14.1 Å². The predicted octanol–water partition coefficient (Wildman–Crippen LogP) is 3.48. The number of benzene rings is 2. The number of halogens is 1. The lowest BCUT2D eigenvalue weighted by molar-refractivity contribution is -0.170. The van der Waals surface area contributed by atoms with Crippen LogP contribution in [0.2, 0.25) is 0 Å². The summed E-state index contributed by atoms with van der Waals surface area (Å²) in [5, 5.41) is 24.1. The molecule has 4 aromatic rings. The lowest BCUT2D eigenvalue weighted by atomic mass is 9.96. The van der Waals surface area contributed by atoms with Gasteiger partial charge in [-0.1, -0.05) is 48.9 Å². The molecule has 1 saturated heterocycles. The van der Waals surface area contributed by atoms with Crippen molar-refractivity contribution in [3.63, 3.8) is 0 Å². The molecule has 15 nitrogen and oxygen atoms in total. The van der Waals surface area contributed by atoms with E-state index in [2.05, 4.69) is 19.7 Å². The molecule has 1 saturated carbocycles. The van der Waals surface area contributed by atoms with Crippen molar-refractivity contribution >= 4 is 64.6 Å². The fraction of sp³-hybridized carbons (Fsp3) is 0.484. The van der Waals surface area contributed by atoms with Crippen LogP contribution >= 0.6 is 30.8 Å². The number of hydrogen-bond acceptors (Lipinski definition) is 14. The molecule has 17 heteroatoms. The third-order valence-corrected chi connectivity index (χ3v) is 9.87. The zero-order chi connectivity index (χ0) is 34.3. The summed E-state index contributed by atoms with van der Waals surface area (Å²) in [4.78, 5) is 38.9. The van der Waals surface area contributed by atoms with Crippen LogP contribution in [0.25, 0.3) is 21.9 Å². The van der Waals surface area contributed by atoms with Crippen molar-refractivity contribution in [3.8, 4) is 17.4 Å². The first-order valence-electron chi connectivity index (χ1n) is 15.4. The highest BCUT2D eigenvalue weighted by atomic mass is 127. The number of ether oxygens (including phenoxy) is 4. The second-order valence-corrected chi connectivity index (χ2v) is 14.2. The smallest absolute Gasteiger partial charge is 0.395 e. The maximum absolute atomic E-state index is 13.3. The Morgan fingerprint density at radius 2 is 1.98 bits per heavy atom. The summed E-state index contributed by atoms with van der Waals surface area (Å²) < 4.78 is 35.0. The number of fused-ring (bicyclic) bond motifs is 2. The number of aliphatic hydroxyl groups is 2. The van der Waals surface area contributed by atoms with Gasteiger partial charge in [-0.15, -0.1) is 0 Å². The largest absolute Gasteiger partial charge is 0.575 e. The minimum absolute atomic E-state index is 0.0706. The Kier molecular flexibility index (Phi) is 9.93. The van der Waals surface area contributed by atoms with Gasteiger partial charge in [0.25, 0.3) is 0 Å². The number of anilines is 1. The summed E-state index contributed by atoms with van der Waals surface area (Å²) in [6.07, 6.45) is -1.55. The number of nitrogens with zero attached hydrogens (tertiary/aromatic N) is 5. The summed E-state index contributed by atoms with van der Waals surface area (Å²) in [5.74, 6) is -0.0324. The van der Waals surface area contributed by atoms with Crippen LogP contribution in [-0.4, -0.2) is 79.9 Å². The third-order valence-electron chi connectivity index (χ3n) is 8.33. The number of rotatable bonds is 12. The van der Waals surface area contributed by atoms with Gasteiger partial charge in [-0.25, -0.2) is 9.78 Å². The number of hydrogen-bond donors (Lipinski definition) is 3. The Hall–Kier alpha value is -3.41. The van der Waals surface area contributed by atoms with Crippen molar-refractivity contribution in [2.45, 2.75) is 63.7 Å². The molecule has 1 unspecified atom stereocenters. The van der Waals surface area contributed by atoms with Gasteiger partial charge < -0.3 is 39.8 Å². The normalized spacial score (nSPS) is 23.5. The van der Waals surface area contributed by atoms with E-state index in [9.17, 15) is 19.9 Å². The Bertz CT molecular complexity index is 1870. The van der Waals surface area contributed by atoms with Crippen molar-refractivity contribution in [1.29, 1.82) is 0 Å². The van der Waals surface area contributed by atoms with Gasteiger partial charge in [0.05, 0.1) is 13.7 Å². The molecule has 0 amide bonds. The molecule has 3 heterocycles. The quantitative estimate of drug-likeness (QED) is 0.0814. The number of nitrogen functional groups attached to an aromatic ring is 1. The Labute approximate surface area is 290 Å². The van der Waals surface area contributed by atoms with Crippen LogP contribution in [0.4, 0.5) is 5.95 Å². The number of nitrogens with two attached hydrogens (primary N) is 1. The van der Waals surface area contributed by atoms with Crippen LogP contribution in [0, 0.1) is 15.7 Å². The van der Waals surface area contributed by atoms with Gasteiger partial charge in [-0.2, -0.15) is 9.97 Å². The fourth-order valence-corrected chi connectivity index (χ4v) is 7.15. The van der Waals surface area contributed by atoms with E-state index in [1.165, 1.54) is 18.6 Å². The number of esters is 1. The minimum atomic E-state index is -2.74. The van der Waals surface area contributed by atoms with E-state index in [-0.39, 0.29) is 41.5 Å². The zero-order valence-corrected chi connectivity index (χ0v) is 29.7. The highest BCUT2D eigenvalue weighted by Crippen LogP contribution is 2.44. The fourth-order valence-electron chi connectivity index (χ4n) is 5.47. The van der Waals surface area contributed by atoms with E-state index in [0.717, 1.165) is 18.2 Å². The standard InChI is InChI=1S/C31H36IN6O9P/c1-15(2)21(27(40)45-13-16-9-10-16)37-48(42)47-23-18-8-6-5-7-17(18)11-12-19(23)44-14-20-24(39)31(3,41)28(46-20)38-25-22(34-29(38)32)26(43-4)36-30(33)35-25/h5-8,11-12,15-16,20-21,24,28,39,41H,9-10,13-14H2,1-4H3,(H2,33,35,36)/t20-,21+,24-,28-,31-/m1/s1. The number of imidazole rings is 1. The molecule has 2 aromatic carbocycles. The van der Waals surface area contributed by atoms with Crippen molar-refractivity contribution < 1.29 is 43.4 Å². The molecule has 48 heavy (non-hydrogen) atoms. The first-order valence-corrected chi connectivity index (χ1v) is 17.6. The lowest BCUT2D eigenvalue weighted by Crippen LogP contribution is -2.45. The van der Waals surface area contributed by atoms with Crippen LogP contribution in [-0.2, 0) is 14.3 Å². The van der Waals surface area contributed by atoms with Gasteiger partial charge in [0, 0.05) is 28.0 Å². The molecule has 2 aliphatic rings. The Morgan fingerprint density at radius 1 is 1.23 bits per heavy atom. The minimum Gasteiger partial charge on any atom is -0.575 e. The molecule has 1 aliphatic heterocycles. The Balaban J connectivity index is 1.25. The number of aromatic nitrogens is 4. The zero-order valence-electron chi connectivity index (χ0n) is 26.6. The molecule has 0 spiro atoms. The third kappa shape index (κ3) is 6.87. The Morgan fingerprint density at radius 3 is 2.69 bits per heavy atom. The average molecular weight is 795 g/mol. The summed E-state index contributed by atoms with van der Waals surface area (Å²) in [6, 6.07) is 9.74. The van der Waals surface area contributed by atoms with Crippen molar-refractivity contribution in [1.82, 2.24) is 19.5 Å². The summed E-state index contributed by atoms with van der Waals surface area (Å²) in [7, 11) is -1.31. The molecular formula is C31H36IN6O9P. The average Bonchev–Trinajstić information content (AvgIpc) is 3.79. The van der Waals surface area contributed by atoms with E-state index >= 15 is 0 Å². The highest BCUT2D eigenvalue weighted by Gasteiger charge is 2.54. The van der Waals surface area contributed by atoms with Crippen LogP contribution in [0.1, 0.15) is 39.8 Å². The van der Waals surface area contributed by atoms with Crippen molar-refractivity contribution in [2.24, 2.45) is 16.6 Å². The lowest BCUT2D eigenvalue weighted by Gasteiger charge is -2.27. The van der Waals surface area contributed by atoms with Crippen LogP contribution in [0.15, 0.2) is 41.1 Å². The van der Waals surface area contributed by atoms with E-state index in [4.69, 9.17) is 29.2 Å². The molecule has 2 aromatic heterocycles. The van der Waals surface area contributed by atoms with Gasteiger partial charge in [0.15, 0.2) is 33.0 Å². The number of aliphatic hydroxyl groups excluding tert-OH is 1. The highest BCUT2D eigenvalue weighted by molar-refractivity contribution is 14.1. The monoisotopic (exact) mass is 794 g/mol. The van der Waals surface area contributed by atoms with E-state index < -0.39 is 44.2 Å². The van der Waals surface area contributed by atoms with Gasteiger partial charge in [-0.3, -0.25) is 9.09 Å². The van der Waals surface area contributed by atoms with Crippen molar-refractivity contribution in [2.75, 3.05) is 26.1 Å². The first-order chi connectivity index (χ1) is 22.9. The maximum atomic E-state index is 13.3. The molecule has 2 fully saturated rings. The van der Waals surface area contributed by atoms with Gasteiger partial charge in [0.2, 0.25) is 17.6 Å². The van der Waals surface area contributed by atoms with Crippen molar-refractivity contribution in [3.05, 3.63) is 40.2 Å². The maximum Gasteiger partial charge on any atom is 0.395 e. The topological polar surface area (TPSA) is 209 Å². The first kappa shape index (κ1) is 34.5. The molecule has 0 bridgehead atoms. The van der Waals surface area contributed by atoms with E-state index in [1.54, 1.807) is 38.1 Å². The molecule has 4 N–H and O–H groups in total. The van der Waals surface area contributed by atoms with E-state index in [0.29, 0.717) is 27.3 Å². The van der Waals surface area contributed by atoms with Crippen LogP contribution < -0.4 is 24.6 Å². The summed E-state index contributed by atoms with van der Waals surface area (Å²) in [5.41, 5.74) is 4.63. The second kappa shape index (κ2) is 13.8. The second-order valence-electron chi connectivity index (χ2n) is 12.3. The molecule has 0 radical (unpaired) electrons.